The molecule has 24 heavy (non-hydrogen) atoms. The van der Waals surface area contributed by atoms with Gasteiger partial charge in [0.15, 0.2) is 5.13 Å². The summed E-state index contributed by atoms with van der Waals surface area (Å²) >= 11 is 1.55. The molecule has 2 N–H and O–H groups in total. The lowest BCUT2D eigenvalue weighted by Crippen LogP contribution is -2.27. The number of carbonyl (C=O) groups is 1. The molecule has 5 nitrogen and oxygen atoms in total. The Morgan fingerprint density at radius 2 is 2.00 bits per heavy atom. The van der Waals surface area contributed by atoms with Gasteiger partial charge in [-0.2, -0.15) is 0 Å². The molecule has 1 aliphatic rings. The van der Waals surface area contributed by atoms with E-state index in [9.17, 15) is 4.79 Å². The van der Waals surface area contributed by atoms with Gasteiger partial charge in [0.2, 0.25) is 0 Å². The first-order valence-corrected chi connectivity index (χ1v) is 8.93. The van der Waals surface area contributed by atoms with Crippen molar-refractivity contribution >= 4 is 28.1 Å². The number of aromatic amines is 1. The summed E-state index contributed by atoms with van der Waals surface area (Å²) in [6.45, 7) is 1.71. The first-order valence-electron chi connectivity index (χ1n) is 8.05. The molecule has 3 heterocycles. The molecule has 1 saturated heterocycles. The Balaban J connectivity index is 1.49. The Kier molecular flexibility index (Phi) is 4.04. The van der Waals surface area contributed by atoms with E-state index in [1.807, 2.05) is 52.9 Å². The van der Waals surface area contributed by atoms with Crippen LogP contribution in [0.5, 0.6) is 0 Å². The number of para-hydroxylation sites is 1. The summed E-state index contributed by atoms with van der Waals surface area (Å²) in [4.78, 5) is 22.0. The minimum absolute atomic E-state index is 0.0802. The van der Waals surface area contributed by atoms with Crippen molar-refractivity contribution in [3.63, 3.8) is 0 Å². The maximum Gasteiger partial charge on any atom is 0.270 e. The monoisotopic (exact) mass is 338 g/mol. The summed E-state index contributed by atoms with van der Waals surface area (Å²) in [6.07, 6.45) is 4.05. The van der Waals surface area contributed by atoms with Crippen molar-refractivity contribution < 1.29 is 4.79 Å². The number of nitrogens with one attached hydrogen (secondary N) is 2. The number of nitrogens with zero attached hydrogens (tertiary/aromatic N) is 2. The zero-order chi connectivity index (χ0) is 16.4. The third-order valence-electron chi connectivity index (χ3n) is 4.13. The molecule has 0 saturated carbocycles. The van der Waals surface area contributed by atoms with Gasteiger partial charge in [0.1, 0.15) is 5.69 Å². The SMILES string of the molecule is O=C(c1cc(-c2csc(Nc3ccccc3)n2)c[nH]1)N1CCCC1. The highest BCUT2D eigenvalue weighted by atomic mass is 32.1. The molecule has 122 valence electrons. The average molecular weight is 338 g/mol. The lowest BCUT2D eigenvalue weighted by molar-refractivity contribution is 0.0788. The molecule has 0 atom stereocenters. The standard InChI is InChI=1S/C18H18N4OS/c23-17(22-8-4-5-9-22)15-10-13(11-19-15)16-12-24-18(21-16)20-14-6-2-1-3-7-14/h1-3,6-7,10-12,19H,4-5,8-9H2,(H,20,21). The molecule has 1 amide bonds. The fourth-order valence-corrected chi connectivity index (χ4v) is 3.60. The average Bonchev–Trinajstić information content (AvgIpc) is 3.36. The second kappa shape index (κ2) is 6.49. The number of benzene rings is 1. The Bertz CT molecular complexity index is 834. The summed E-state index contributed by atoms with van der Waals surface area (Å²) in [6, 6.07) is 11.9. The molecule has 0 unspecified atom stereocenters. The normalized spacial score (nSPS) is 14.1. The Morgan fingerprint density at radius 3 is 2.79 bits per heavy atom. The van der Waals surface area contributed by atoms with Crippen molar-refractivity contribution in [2.45, 2.75) is 12.8 Å². The number of hydrogen-bond acceptors (Lipinski definition) is 4. The van der Waals surface area contributed by atoms with Crippen LogP contribution in [0.3, 0.4) is 0 Å². The second-order valence-electron chi connectivity index (χ2n) is 5.83. The van der Waals surface area contributed by atoms with Gasteiger partial charge in [0.05, 0.1) is 5.69 Å². The Hall–Kier alpha value is -2.60. The molecular formula is C18H18N4OS. The molecule has 2 aromatic heterocycles. The van der Waals surface area contributed by atoms with E-state index in [0.717, 1.165) is 48.0 Å². The molecule has 1 aliphatic heterocycles. The maximum atomic E-state index is 12.4. The number of thiazole rings is 1. The quantitative estimate of drug-likeness (QED) is 0.752. The van der Waals surface area contributed by atoms with E-state index < -0.39 is 0 Å². The first-order chi connectivity index (χ1) is 11.8. The minimum atomic E-state index is 0.0802. The number of aromatic nitrogens is 2. The number of carbonyl (C=O) groups excluding carboxylic acids is 1. The molecule has 0 bridgehead atoms. The summed E-state index contributed by atoms with van der Waals surface area (Å²) in [5.74, 6) is 0.0802. The van der Waals surface area contributed by atoms with Crippen LogP contribution in [-0.4, -0.2) is 33.9 Å². The largest absolute Gasteiger partial charge is 0.357 e. The van der Waals surface area contributed by atoms with Crippen LogP contribution in [0.2, 0.25) is 0 Å². The molecule has 3 aromatic rings. The molecule has 0 spiro atoms. The van der Waals surface area contributed by atoms with Crippen LogP contribution in [0.25, 0.3) is 11.3 Å². The van der Waals surface area contributed by atoms with E-state index in [1.165, 1.54) is 0 Å². The van der Waals surface area contributed by atoms with Crippen molar-refractivity contribution in [1.82, 2.24) is 14.9 Å². The topological polar surface area (TPSA) is 61.0 Å². The van der Waals surface area contributed by atoms with Crippen molar-refractivity contribution in [1.29, 1.82) is 0 Å². The highest BCUT2D eigenvalue weighted by Crippen LogP contribution is 2.28. The van der Waals surface area contributed by atoms with Gasteiger partial charge in [-0.3, -0.25) is 4.79 Å². The van der Waals surface area contributed by atoms with E-state index in [1.54, 1.807) is 11.3 Å². The fourth-order valence-electron chi connectivity index (χ4n) is 2.86. The molecular weight excluding hydrogens is 320 g/mol. The fraction of sp³-hybridized carbons (Fsp3) is 0.222. The Morgan fingerprint density at radius 1 is 1.21 bits per heavy atom. The lowest BCUT2D eigenvalue weighted by atomic mass is 10.2. The van der Waals surface area contributed by atoms with Crippen molar-refractivity contribution in [2.75, 3.05) is 18.4 Å². The third kappa shape index (κ3) is 3.05. The molecule has 6 heteroatoms. The molecule has 1 aromatic carbocycles. The zero-order valence-electron chi connectivity index (χ0n) is 13.2. The number of anilines is 2. The van der Waals surface area contributed by atoms with Crippen molar-refractivity contribution in [2.24, 2.45) is 0 Å². The van der Waals surface area contributed by atoms with Crippen LogP contribution in [0.4, 0.5) is 10.8 Å². The smallest absolute Gasteiger partial charge is 0.270 e. The minimum Gasteiger partial charge on any atom is -0.357 e. The van der Waals surface area contributed by atoms with Gasteiger partial charge in [-0.1, -0.05) is 18.2 Å². The second-order valence-corrected chi connectivity index (χ2v) is 6.69. The van der Waals surface area contributed by atoms with Gasteiger partial charge in [0.25, 0.3) is 5.91 Å². The predicted molar refractivity (Wildman–Crippen MR) is 96.8 cm³/mol. The van der Waals surface area contributed by atoms with E-state index in [2.05, 4.69) is 15.3 Å². The van der Waals surface area contributed by atoms with Crippen LogP contribution >= 0.6 is 11.3 Å². The number of hydrogen-bond donors (Lipinski definition) is 2. The van der Waals surface area contributed by atoms with E-state index in [4.69, 9.17) is 0 Å². The van der Waals surface area contributed by atoms with E-state index in [0.29, 0.717) is 5.69 Å². The first kappa shape index (κ1) is 15.0. The number of rotatable bonds is 4. The Labute approximate surface area is 144 Å². The summed E-state index contributed by atoms with van der Waals surface area (Å²) in [7, 11) is 0. The van der Waals surface area contributed by atoms with E-state index in [-0.39, 0.29) is 5.91 Å². The highest BCUT2D eigenvalue weighted by molar-refractivity contribution is 7.14. The van der Waals surface area contributed by atoms with Gasteiger partial charge >= 0.3 is 0 Å². The van der Waals surface area contributed by atoms with Gasteiger partial charge in [-0.25, -0.2) is 4.98 Å². The van der Waals surface area contributed by atoms with E-state index >= 15 is 0 Å². The number of likely N-dealkylation sites (tertiary alicyclic amines) is 1. The van der Waals surface area contributed by atoms with Gasteiger partial charge in [0, 0.05) is 35.9 Å². The van der Waals surface area contributed by atoms with Crippen LogP contribution < -0.4 is 5.32 Å². The van der Waals surface area contributed by atoms with Crippen LogP contribution in [0, 0.1) is 0 Å². The van der Waals surface area contributed by atoms with Crippen LogP contribution in [-0.2, 0) is 0 Å². The van der Waals surface area contributed by atoms with Crippen molar-refractivity contribution in [3.05, 3.63) is 53.7 Å². The third-order valence-corrected chi connectivity index (χ3v) is 4.89. The maximum absolute atomic E-state index is 12.4. The number of H-pyrrole nitrogens is 1. The summed E-state index contributed by atoms with van der Waals surface area (Å²) in [5, 5.41) is 6.13. The lowest BCUT2D eigenvalue weighted by Gasteiger charge is -2.13. The summed E-state index contributed by atoms with van der Waals surface area (Å²) in [5.41, 5.74) is 3.46. The van der Waals surface area contributed by atoms with Crippen LogP contribution in [0.1, 0.15) is 23.3 Å². The molecule has 1 fully saturated rings. The summed E-state index contributed by atoms with van der Waals surface area (Å²) < 4.78 is 0. The highest BCUT2D eigenvalue weighted by Gasteiger charge is 2.21. The van der Waals surface area contributed by atoms with Gasteiger partial charge in [-0.05, 0) is 31.0 Å². The zero-order valence-corrected chi connectivity index (χ0v) is 14.0. The molecule has 0 radical (unpaired) electrons. The van der Waals surface area contributed by atoms with Gasteiger partial charge < -0.3 is 15.2 Å². The predicted octanol–water partition coefficient (Wildman–Crippen LogP) is 4.12. The van der Waals surface area contributed by atoms with Gasteiger partial charge in [-0.15, -0.1) is 11.3 Å². The molecule has 4 rings (SSSR count). The van der Waals surface area contributed by atoms with Crippen molar-refractivity contribution in [3.8, 4) is 11.3 Å². The molecule has 0 aliphatic carbocycles. The number of amides is 1. The van der Waals surface area contributed by atoms with Crippen LogP contribution in [0.15, 0.2) is 48.0 Å².